The van der Waals surface area contributed by atoms with E-state index < -0.39 is 6.10 Å². The molecular weight excluding hydrogens is 466 g/mol. The lowest BCUT2D eigenvalue weighted by molar-refractivity contribution is 0.175. The van der Waals surface area contributed by atoms with Gasteiger partial charge in [0.2, 0.25) is 0 Å². The Bertz CT molecular complexity index is 645. The summed E-state index contributed by atoms with van der Waals surface area (Å²) in [5.41, 5.74) is 2.88. The summed E-state index contributed by atoms with van der Waals surface area (Å²) in [4.78, 5) is 0. The number of nitrogens with zero attached hydrogens (tertiary/aromatic N) is 2. The number of halogens is 3. The van der Waals surface area contributed by atoms with Crippen LogP contribution in [0, 0.1) is 3.57 Å². The molecule has 0 radical (unpaired) electrons. The van der Waals surface area contributed by atoms with Crippen molar-refractivity contribution in [1.82, 2.24) is 9.78 Å². The molecule has 1 unspecified atom stereocenters. The van der Waals surface area contributed by atoms with E-state index in [1.807, 2.05) is 22.9 Å². The smallest absolute Gasteiger partial charge is 0.0846 e. The van der Waals surface area contributed by atoms with Crippen LogP contribution in [0.3, 0.4) is 0 Å². The van der Waals surface area contributed by atoms with E-state index in [0.717, 1.165) is 38.0 Å². The fraction of sp³-hybridized carbons (Fsp3) is 0.400. The van der Waals surface area contributed by atoms with E-state index in [2.05, 4.69) is 57.5 Å². The maximum absolute atomic E-state index is 10.5. The molecule has 0 amide bonds. The topological polar surface area (TPSA) is 38.0 Å². The van der Waals surface area contributed by atoms with Crippen molar-refractivity contribution in [2.75, 3.05) is 0 Å². The maximum atomic E-state index is 10.5. The number of aromatic nitrogens is 2. The maximum Gasteiger partial charge on any atom is 0.0846 e. The Labute approximate surface area is 152 Å². The van der Waals surface area contributed by atoms with E-state index in [-0.39, 0.29) is 0 Å². The van der Waals surface area contributed by atoms with Crippen LogP contribution in [0.4, 0.5) is 0 Å². The van der Waals surface area contributed by atoms with Gasteiger partial charge in [-0.1, -0.05) is 24.6 Å². The minimum absolute atomic E-state index is 0.512. The normalized spacial score (nSPS) is 12.7. The largest absolute Gasteiger partial charge is 0.388 e. The van der Waals surface area contributed by atoms with Crippen LogP contribution in [-0.4, -0.2) is 14.9 Å². The quantitative estimate of drug-likeness (QED) is 0.623. The highest BCUT2D eigenvalue weighted by molar-refractivity contribution is 14.1. The van der Waals surface area contributed by atoms with E-state index in [9.17, 15) is 5.11 Å². The number of hydrogen-bond donors (Lipinski definition) is 1. The average molecular weight is 484 g/mol. The van der Waals surface area contributed by atoms with Crippen LogP contribution in [0.2, 0.25) is 5.02 Å². The van der Waals surface area contributed by atoms with Gasteiger partial charge in [-0.15, -0.1) is 0 Å². The number of aliphatic hydroxyl groups is 1. The van der Waals surface area contributed by atoms with Gasteiger partial charge in [0.25, 0.3) is 0 Å². The van der Waals surface area contributed by atoms with Gasteiger partial charge in [-0.25, -0.2) is 0 Å². The van der Waals surface area contributed by atoms with Crippen molar-refractivity contribution in [2.45, 2.75) is 39.3 Å². The lowest BCUT2D eigenvalue weighted by Crippen LogP contribution is -2.09. The van der Waals surface area contributed by atoms with Crippen LogP contribution in [-0.2, 0) is 19.4 Å². The zero-order chi connectivity index (χ0) is 15.6. The highest BCUT2D eigenvalue weighted by Crippen LogP contribution is 2.29. The van der Waals surface area contributed by atoms with Gasteiger partial charge in [0, 0.05) is 16.5 Å². The predicted octanol–water partition coefficient (Wildman–Crippen LogP) is 4.76. The van der Waals surface area contributed by atoms with E-state index in [1.165, 1.54) is 0 Å². The first kappa shape index (κ1) is 17.2. The summed E-state index contributed by atoms with van der Waals surface area (Å²) in [6.45, 7) is 4.91. The molecule has 2 aromatic rings. The first-order chi connectivity index (χ1) is 9.97. The summed E-state index contributed by atoms with van der Waals surface area (Å²) in [6.07, 6.45) is 0.784. The van der Waals surface area contributed by atoms with Crippen molar-refractivity contribution in [3.63, 3.8) is 0 Å². The molecule has 0 aliphatic heterocycles. The fourth-order valence-electron chi connectivity index (χ4n) is 2.23. The summed E-state index contributed by atoms with van der Waals surface area (Å²) < 4.78 is 3.93. The summed E-state index contributed by atoms with van der Waals surface area (Å²) in [7, 11) is 0. The van der Waals surface area contributed by atoms with Gasteiger partial charge in [0.05, 0.1) is 27.0 Å². The van der Waals surface area contributed by atoms with Crippen LogP contribution in [0.5, 0.6) is 0 Å². The highest BCUT2D eigenvalue weighted by Gasteiger charge is 2.18. The average Bonchev–Trinajstić information content (AvgIpc) is 2.78. The van der Waals surface area contributed by atoms with Gasteiger partial charge in [0.15, 0.2) is 0 Å². The molecule has 0 aliphatic rings. The molecule has 0 spiro atoms. The molecule has 2 rings (SSSR count). The Balaban J connectivity index is 2.28. The first-order valence-electron chi connectivity index (χ1n) is 6.84. The molecule has 6 heteroatoms. The Morgan fingerprint density at radius 2 is 2.14 bits per heavy atom. The Morgan fingerprint density at radius 3 is 2.71 bits per heavy atom. The third-order valence-electron chi connectivity index (χ3n) is 3.41. The van der Waals surface area contributed by atoms with Gasteiger partial charge in [-0.2, -0.15) is 5.10 Å². The molecule has 114 valence electrons. The monoisotopic (exact) mass is 482 g/mol. The van der Waals surface area contributed by atoms with Gasteiger partial charge in [-0.3, -0.25) is 4.68 Å². The predicted molar refractivity (Wildman–Crippen MR) is 97.8 cm³/mol. The summed E-state index contributed by atoms with van der Waals surface area (Å²) in [5.74, 6) is 0. The van der Waals surface area contributed by atoms with E-state index in [1.54, 1.807) is 0 Å². The summed E-state index contributed by atoms with van der Waals surface area (Å²) in [6, 6.07) is 5.67. The second-order valence-electron chi connectivity index (χ2n) is 4.77. The highest BCUT2D eigenvalue weighted by atomic mass is 127. The van der Waals surface area contributed by atoms with Crippen LogP contribution < -0.4 is 0 Å². The lowest BCUT2D eigenvalue weighted by Gasteiger charge is -2.13. The SMILES string of the molecule is CCc1nn(CC)c(CC(O)c2ccc(I)c(Cl)c2)c1Br. The number of rotatable bonds is 5. The number of benzene rings is 1. The molecule has 1 atom stereocenters. The molecule has 1 N–H and O–H groups in total. The zero-order valence-electron chi connectivity index (χ0n) is 11.9. The molecule has 3 nitrogen and oxygen atoms in total. The molecule has 1 aromatic heterocycles. The fourth-order valence-corrected chi connectivity index (χ4v) is 3.48. The van der Waals surface area contributed by atoms with Crippen LogP contribution >= 0.6 is 50.1 Å². The molecule has 0 saturated carbocycles. The number of hydrogen-bond acceptors (Lipinski definition) is 2. The van der Waals surface area contributed by atoms with Crippen molar-refractivity contribution in [1.29, 1.82) is 0 Å². The number of aryl methyl sites for hydroxylation is 2. The molecular formula is C15H17BrClIN2O. The molecule has 0 saturated heterocycles. The Morgan fingerprint density at radius 1 is 1.43 bits per heavy atom. The molecule has 0 fully saturated rings. The summed E-state index contributed by atoms with van der Waals surface area (Å²) in [5, 5.41) is 15.7. The van der Waals surface area contributed by atoms with Crippen LogP contribution in [0.1, 0.15) is 36.9 Å². The third-order valence-corrected chi connectivity index (χ3v) is 5.90. The second kappa shape index (κ2) is 7.44. The molecule has 0 bridgehead atoms. The van der Waals surface area contributed by atoms with Crippen molar-refractivity contribution < 1.29 is 5.11 Å². The molecule has 1 aromatic carbocycles. The first-order valence-corrected chi connectivity index (χ1v) is 9.09. The van der Waals surface area contributed by atoms with Crippen molar-refractivity contribution in [2.24, 2.45) is 0 Å². The minimum Gasteiger partial charge on any atom is -0.388 e. The second-order valence-corrected chi connectivity index (χ2v) is 7.13. The van der Waals surface area contributed by atoms with Crippen molar-refractivity contribution in [3.8, 4) is 0 Å². The van der Waals surface area contributed by atoms with E-state index in [0.29, 0.717) is 11.4 Å². The van der Waals surface area contributed by atoms with E-state index >= 15 is 0 Å². The van der Waals surface area contributed by atoms with Gasteiger partial charge in [0.1, 0.15) is 0 Å². The Hall–Kier alpha value is -0.110. The molecule has 21 heavy (non-hydrogen) atoms. The Kier molecular flexibility index (Phi) is 6.11. The van der Waals surface area contributed by atoms with Crippen molar-refractivity contribution in [3.05, 3.63) is 48.2 Å². The van der Waals surface area contributed by atoms with Gasteiger partial charge in [-0.05, 0) is 69.6 Å². The van der Waals surface area contributed by atoms with E-state index in [4.69, 9.17) is 11.6 Å². The molecule has 0 aliphatic carbocycles. The number of aliphatic hydroxyl groups excluding tert-OH is 1. The van der Waals surface area contributed by atoms with Crippen LogP contribution in [0.25, 0.3) is 0 Å². The third kappa shape index (κ3) is 3.81. The lowest BCUT2D eigenvalue weighted by atomic mass is 10.0. The zero-order valence-corrected chi connectivity index (χ0v) is 16.4. The van der Waals surface area contributed by atoms with Crippen molar-refractivity contribution >= 4 is 50.1 Å². The minimum atomic E-state index is -0.595. The van der Waals surface area contributed by atoms with Crippen LogP contribution in [0.15, 0.2) is 22.7 Å². The summed E-state index contributed by atoms with van der Waals surface area (Å²) >= 11 is 11.9. The molecule has 1 heterocycles. The van der Waals surface area contributed by atoms with Gasteiger partial charge >= 0.3 is 0 Å². The standard InChI is InChI=1S/C15H17BrClIN2O/c1-3-12-15(16)13(20(4-2)19-12)8-14(21)9-5-6-11(18)10(17)7-9/h5-7,14,21H,3-4,8H2,1-2H3. The van der Waals surface area contributed by atoms with Gasteiger partial charge < -0.3 is 5.11 Å².